The van der Waals surface area contributed by atoms with Crippen molar-refractivity contribution in [2.45, 2.75) is 25.8 Å². The van der Waals surface area contributed by atoms with E-state index in [0.29, 0.717) is 5.92 Å². The van der Waals surface area contributed by atoms with Gasteiger partial charge >= 0.3 is 0 Å². The van der Waals surface area contributed by atoms with Crippen LogP contribution in [-0.2, 0) is 5.54 Å². The number of nitrogens with one attached hydrogen (secondary N) is 1. The van der Waals surface area contributed by atoms with Crippen LogP contribution in [0.3, 0.4) is 0 Å². The Morgan fingerprint density at radius 2 is 1.48 bits per heavy atom. The van der Waals surface area contributed by atoms with E-state index < -0.39 is 0 Å². The molecule has 1 N–H and O–H groups in total. The molecule has 0 amide bonds. The lowest BCUT2D eigenvalue weighted by molar-refractivity contribution is 0.518. The molecule has 0 saturated heterocycles. The molecule has 2 heteroatoms. The van der Waals surface area contributed by atoms with Crippen LogP contribution < -0.4 is 5.32 Å². The number of hydrogen-bond donors (Lipinski definition) is 1. The van der Waals surface area contributed by atoms with Crippen LogP contribution in [0.5, 0.6) is 0 Å². The minimum absolute atomic E-state index is 0.216. The van der Waals surface area contributed by atoms with Crippen molar-refractivity contribution in [2.75, 3.05) is 6.54 Å². The molecule has 0 spiro atoms. The second-order valence-corrected chi connectivity index (χ2v) is 6.12. The summed E-state index contributed by atoms with van der Waals surface area (Å²) in [6, 6.07) is 21.3. The molecule has 0 aliphatic carbocycles. The van der Waals surface area contributed by atoms with Gasteiger partial charge < -0.3 is 5.32 Å². The molecule has 0 aromatic heterocycles. The zero-order chi connectivity index (χ0) is 14.7. The molecule has 0 radical (unpaired) electrons. The van der Waals surface area contributed by atoms with Crippen LogP contribution >= 0.6 is 0 Å². The Morgan fingerprint density at radius 3 is 1.95 bits per heavy atom. The Kier molecular flexibility index (Phi) is 3.78. The average molecular weight is 278 g/mol. The monoisotopic (exact) mass is 278 g/mol. The van der Waals surface area contributed by atoms with Crippen molar-refractivity contribution in [3.05, 3.63) is 71.8 Å². The van der Waals surface area contributed by atoms with Gasteiger partial charge in [0.05, 0.1) is 12.4 Å². The third-order valence-corrected chi connectivity index (χ3v) is 4.00. The molecule has 1 aliphatic heterocycles. The van der Waals surface area contributed by atoms with E-state index in [1.165, 1.54) is 11.1 Å². The molecule has 2 aromatic rings. The second-order valence-electron chi connectivity index (χ2n) is 6.12. The highest BCUT2D eigenvalue weighted by Gasteiger charge is 2.38. The highest BCUT2D eigenvalue weighted by atomic mass is 15.1. The molecule has 21 heavy (non-hydrogen) atoms. The lowest BCUT2D eigenvalue weighted by Crippen LogP contribution is -2.44. The van der Waals surface area contributed by atoms with Crippen LogP contribution in [0.1, 0.15) is 31.4 Å². The molecule has 0 unspecified atom stereocenters. The maximum Gasteiger partial charge on any atom is 0.109 e. The third kappa shape index (κ3) is 2.71. The number of hydrogen-bond acceptors (Lipinski definition) is 2. The summed E-state index contributed by atoms with van der Waals surface area (Å²) in [5.74, 6) is 1.73. The highest BCUT2D eigenvalue weighted by Crippen LogP contribution is 2.33. The van der Waals surface area contributed by atoms with Gasteiger partial charge in [0.2, 0.25) is 0 Å². The van der Waals surface area contributed by atoms with Crippen molar-refractivity contribution in [1.29, 1.82) is 0 Å². The maximum absolute atomic E-state index is 4.79. The number of aliphatic imine (C=N–C) groups is 1. The summed E-state index contributed by atoms with van der Waals surface area (Å²) in [4.78, 5) is 4.79. The Balaban J connectivity index is 1.99. The van der Waals surface area contributed by atoms with E-state index >= 15 is 0 Å². The van der Waals surface area contributed by atoms with E-state index in [4.69, 9.17) is 4.99 Å². The molecule has 0 bridgehead atoms. The van der Waals surface area contributed by atoms with Crippen LogP contribution in [0.15, 0.2) is 65.7 Å². The fourth-order valence-corrected chi connectivity index (χ4v) is 2.98. The minimum Gasteiger partial charge on any atom is -0.359 e. The largest absolute Gasteiger partial charge is 0.359 e. The molecule has 108 valence electrons. The molecular formula is C19H22N2. The first-order valence-corrected chi connectivity index (χ1v) is 7.63. The quantitative estimate of drug-likeness (QED) is 0.899. The Hall–Kier alpha value is -2.09. The average Bonchev–Trinajstić information content (AvgIpc) is 2.93. The van der Waals surface area contributed by atoms with Gasteiger partial charge in [0.25, 0.3) is 0 Å². The zero-order valence-electron chi connectivity index (χ0n) is 12.7. The van der Waals surface area contributed by atoms with Crippen LogP contribution in [0.2, 0.25) is 0 Å². The molecule has 0 fully saturated rings. The predicted octanol–water partition coefficient (Wildman–Crippen LogP) is 3.98. The fraction of sp³-hybridized carbons (Fsp3) is 0.316. The van der Waals surface area contributed by atoms with E-state index in [2.05, 4.69) is 79.8 Å². The molecule has 0 saturated carbocycles. The topological polar surface area (TPSA) is 24.4 Å². The third-order valence-electron chi connectivity index (χ3n) is 4.00. The van der Waals surface area contributed by atoms with Crippen molar-refractivity contribution < 1.29 is 0 Å². The number of nitrogens with zero attached hydrogens (tertiary/aromatic N) is 1. The first-order chi connectivity index (χ1) is 10.2. The summed E-state index contributed by atoms with van der Waals surface area (Å²) >= 11 is 0. The maximum atomic E-state index is 4.79. The molecule has 2 aromatic carbocycles. The van der Waals surface area contributed by atoms with Crippen molar-refractivity contribution in [3.63, 3.8) is 0 Å². The molecule has 1 aliphatic rings. The van der Waals surface area contributed by atoms with Gasteiger partial charge in [-0.1, -0.05) is 74.5 Å². The molecule has 2 nitrogen and oxygen atoms in total. The van der Waals surface area contributed by atoms with Crippen molar-refractivity contribution >= 4 is 5.84 Å². The summed E-state index contributed by atoms with van der Waals surface area (Å²) < 4.78 is 0. The van der Waals surface area contributed by atoms with Gasteiger partial charge in [0.1, 0.15) is 5.54 Å². The van der Waals surface area contributed by atoms with Crippen molar-refractivity contribution in [3.8, 4) is 0 Å². The van der Waals surface area contributed by atoms with Gasteiger partial charge in [0, 0.05) is 6.42 Å². The summed E-state index contributed by atoms with van der Waals surface area (Å²) in [6.45, 7) is 5.23. The SMILES string of the molecule is CC(C)CC1=NCC(c2ccccc2)(c2ccccc2)N1. The predicted molar refractivity (Wildman–Crippen MR) is 88.6 cm³/mol. The lowest BCUT2D eigenvalue weighted by atomic mass is 9.83. The fourth-order valence-electron chi connectivity index (χ4n) is 2.98. The Labute approximate surface area is 126 Å². The molecule has 0 atom stereocenters. The lowest BCUT2D eigenvalue weighted by Gasteiger charge is -2.31. The standard InChI is InChI=1S/C19H22N2/c1-15(2)13-18-20-14-19(21-18,16-9-5-3-6-10-16)17-11-7-4-8-12-17/h3-12,15H,13-14H2,1-2H3,(H,20,21). The smallest absolute Gasteiger partial charge is 0.109 e. The van der Waals surface area contributed by atoms with Gasteiger partial charge in [-0.05, 0) is 17.0 Å². The molecule has 3 rings (SSSR count). The van der Waals surface area contributed by atoms with E-state index in [9.17, 15) is 0 Å². The van der Waals surface area contributed by atoms with Crippen LogP contribution in [-0.4, -0.2) is 12.4 Å². The van der Waals surface area contributed by atoms with Crippen LogP contribution in [0, 0.1) is 5.92 Å². The highest BCUT2D eigenvalue weighted by molar-refractivity contribution is 5.86. The van der Waals surface area contributed by atoms with E-state index in [-0.39, 0.29) is 5.54 Å². The van der Waals surface area contributed by atoms with Crippen molar-refractivity contribution in [1.82, 2.24) is 5.32 Å². The molecular weight excluding hydrogens is 256 g/mol. The van der Waals surface area contributed by atoms with Gasteiger partial charge in [-0.15, -0.1) is 0 Å². The number of benzene rings is 2. The first-order valence-electron chi connectivity index (χ1n) is 7.63. The van der Waals surface area contributed by atoms with E-state index in [0.717, 1.165) is 18.8 Å². The minimum atomic E-state index is -0.216. The molecule has 1 heterocycles. The second kappa shape index (κ2) is 5.72. The first kappa shape index (κ1) is 13.9. The zero-order valence-corrected chi connectivity index (χ0v) is 12.7. The van der Waals surface area contributed by atoms with Gasteiger partial charge in [-0.25, -0.2) is 0 Å². The summed E-state index contributed by atoms with van der Waals surface area (Å²) in [5, 5.41) is 3.72. The van der Waals surface area contributed by atoms with Gasteiger partial charge in [0.15, 0.2) is 0 Å². The summed E-state index contributed by atoms with van der Waals surface area (Å²) in [7, 11) is 0. The van der Waals surface area contributed by atoms with Crippen LogP contribution in [0.25, 0.3) is 0 Å². The summed E-state index contributed by atoms with van der Waals surface area (Å²) in [6.07, 6.45) is 1.00. The summed E-state index contributed by atoms with van der Waals surface area (Å²) in [5.41, 5.74) is 2.34. The normalized spacial score (nSPS) is 16.6. The Bertz CT molecular complexity index is 575. The number of rotatable bonds is 4. The van der Waals surface area contributed by atoms with E-state index in [1.807, 2.05) is 0 Å². The Morgan fingerprint density at radius 1 is 0.952 bits per heavy atom. The van der Waals surface area contributed by atoms with Crippen LogP contribution in [0.4, 0.5) is 0 Å². The van der Waals surface area contributed by atoms with Gasteiger partial charge in [-0.2, -0.15) is 0 Å². The van der Waals surface area contributed by atoms with E-state index in [1.54, 1.807) is 0 Å². The van der Waals surface area contributed by atoms with Gasteiger partial charge in [-0.3, -0.25) is 4.99 Å². The number of amidine groups is 1. The van der Waals surface area contributed by atoms with Crippen molar-refractivity contribution in [2.24, 2.45) is 10.9 Å².